The molecule has 1 aliphatic rings. The van der Waals surface area contributed by atoms with Crippen LogP contribution in [0.25, 0.3) is 27.3 Å². The number of allylic oxidation sites excluding steroid dienone is 5. The van der Waals surface area contributed by atoms with E-state index in [1.54, 1.807) is 6.07 Å². The molecule has 0 aliphatic heterocycles. The van der Waals surface area contributed by atoms with Crippen LogP contribution in [0.1, 0.15) is 44.5 Å². The van der Waals surface area contributed by atoms with Crippen LogP contribution < -0.4 is 4.90 Å². The molecule has 0 unspecified atom stereocenters. The third kappa shape index (κ3) is 7.68. The van der Waals surface area contributed by atoms with E-state index < -0.39 is 0 Å². The number of aliphatic hydroxyl groups is 1. The molecule has 0 aromatic heterocycles. The van der Waals surface area contributed by atoms with Gasteiger partial charge in [-0.1, -0.05) is 157 Å². The first-order valence-corrected chi connectivity index (χ1v) is 19.6. The highest BCUT2D eigenvalue weighted by Crippen LogP contribution is 2.35. The van der Waals surface area contributed by atoms with Gasteiger partial charge in [0.25, 0.3) is 0 Å². The van der Waals surface area contributed by atoms with Gasteiger partial charge in [-0.2, -0.15) is 5.26 Å². The van der Waals surface area contributed by atoms with Crippen molar-refractivity contribution < 1.29 is 5.11 Å². The number of fused-ring (bicyclic) bond motifs is 2. The molecule has 0 saturated heterocycles. The zero-order valence-corrected chi connectivity index (χ0v) is 32.4. The van der Waals surface area contributed by atoms with Crippen molar-refractivity contribution in [3.63, 3.8) is 0 Å². The molecule has 0 atom stereocenters. The van der Waals surface area contributed by atoms with Gasteiger partial charge in [-0.3, -0.25) is 0 Å². The minimum absolute atomic E-state index is 0.230. The van der Waals surface area contributed by atoms with E-state index in [0.29, 0.717) is 16.7 Å². The summed E-state index contributed by atoms with van der Waals surface area (Å²) in [6.45, 7) is 0. The molecule has 9 rings (SSSR count). The molecule has 3 heteroatoms. The number of nitrogens with zero attached hydrogens (tertiary/aromatic N) is 2. The lowest BCUT2D eigenvalue weighted by Gasteiger charge is -2.25. The average molecular weight is 763 g/mol. The Morgan fingerprint density at radius 1 is 0.417 bits per heavy atom. The fraction of sp³-hybridized carbons (Fsp3) is 0. The van der Waals surface area contributed by atoms with Crippen LogP contribution in [0, 0.1) is 46.9 Å². The Balaban J connectivity index is 1.02. The summed E-state index contributed by atoms with van der Waals surface area (Å²) in [4.78, 5) is 2.24. The Morgan fingerprint density at radius 2 is 0.850 bits per heavy atom. The van der Waals surface area contributed by atoms with E-state index in [1.165, 1.54) is 0 Å². The van der Waals surface area contributed by atoms with Gasteiger partial charge in [-0.25, -0.2) is 0 Å². The lowest BCUT2D eigenvalue weighted by Crippen LogP contribution is -2.09. The molecule has 8 aromatic carbocycles. The van der Waals surface area contributed by atoms with Gasteiger partial charge in [0.15, 0.2) is 0 Å². The minimum atomic E-state index is 0.230. The van der Waals surface area contributed by atoms with Crippen molar-refractivity contribution in [2.75, 3.05) is 4.90 Å². The summed E-state index contributed by atoms with van der Waals surface area (Å²) in [5.74, 6) is 20.4. The summed E-state index contributed by atoms with van der Waals surface area (Å²) in [5, 5.41) is 24.7. The number of anilines is 3. The Bertz CT molecular complexity index is 3150. The topological polar surface area (TPSA) is 47.3 Å². The first kappa shape index (κ1) is 36.9. The second-order valence-corrected chi connectivity index (χ2v) is 14.1. The summed E-state index contributed by atoms with van der Waals surface area (Å²) in [6, 6.07) is 60.9. The molecular weight excluding hydrogens is 729 g/mol. The molecule has 278 valence electrons. The molecule has 0 fully saturated rings. The number of aliphatic hydroxyl groups excluding tert-OH is 1. The molecule has 0 heterocycles. The van der Waals surface area contributed by atoms with E-state index in [-0.39, 0.29) is 5.76 Å². The van der Waals surface area contributed by atoms with Gasteiger partial charge >= 0.3 is 0 Å². The maximum atomic E-state index is 10.6. The summed E-state index contributed by atoms with van der Waals surface area (Å²) in [7, 11) is 0. The highest BCUT2D eigenvalue weighted by atomic mass is 16.3. The zero-order chi connectivity index (χ0) is 40.7. The van der Waals surface area contributed by atoms with Crippen LogP contribution in [0.15, 0.2) is 206 Å². The second-order valence-electron chi connectivity index (χ2n) is 14.1. The maximum Gasteiger partial charge on any atom is 0.130 e. The highest BCUT2D eigenvalue weighted by molar-refractivity contribution is 6.10. The normalized spacial score (nSPS) is 11.2. The molecule has 3 nitrogen and oxygen atoms in total. The standard InChI is InChI=1S/C57H34N2O/c58-40-47-39-43(24-23-41-25-32-46(33-26-41)57(60)45-13-7-8-14-45)27-31-44(47)34-38-56-53-21-11-9-19-51(53)55(52-20-10-12-22-54(52)56)37-30-42-28-35-50(36-29-42)59(48-15-3-1-4-16-48)49-17-5-2-6-18-49/h1-22,25-29,31-33,35-36,39,60H. The zero-order valence-electron chi connectivity index (χ0n) is 32.4. The molecule has 0 radical (unpaired) electrons. The molecule has 1 N–H and O–H groups in total. The first-order valence-electron chi connectivity index (χ1n) is 19.6. The molecular formula is C57H34N2O. The van der Waals surface area contributed by atoms with Crippen molar-refractivity contribution in [3.8, 4) is 41.6 Å². The Morgan fingerprint density at radius 3 is 1.38 bits per heavy atom. The van der Waals surface area contributed by atoms with Gasteiger partial charge < -0.3 is 10.0 Å². The number of hydrogen-bond donors (Lipinski definition) is 1. The predicted octanol–water partition coefficient (Wildman–Crippen LogP) is 12.9. The van der Waals surface area contributed by atoms with Gasteiger partial charge in [0.2, 0.25) is 0 Å². The van der Waals surface area contributed by atoms with Crippen molar-refractivity contribution in [2.24, 2.45) is 0 Å². The highest BCUT2D eigenvalue weighted by Gasteiger charge is 2.14. The summed E-state index contributed by atoms with van der Waals surface area (Å²) in [5.41, 5.74) is 10.1. The maximum absolute atomic E-state index is 10.6. The molecule has 0 saturated carbocycles. The fourth-order valence-corrected chi connectivity index (χ4v) is 7.34. The number of para-hydroxylation sites is 2. The van der Waals surface area contributed by atoms with E-state index in [0.717, 1.165) is 72.0 Å². The molecule has 0 bridgehead atoms. The number of rotatable bonds is 4. The smallest absolute Gasteiger partial charge is 0.130 e. The third-order valence-corrected chi connectivity index (χ3v) is 10.3. The van der Waals surface area contributed by atoms with E-state index >= 15 is 0 Å². The van der Waals surface area contributed by atoms with Crippen LogP contribution in [0.3, 0.4) is 0 Å². The monoisotopic (exact) mass is 762 g/mol. The molecule has 0 spiro atoms. The van der Waals surface area contributed by atoms with Crippen molar-refractivity contribution in [1.82, 2.24) is 0 Å². The summed E-state index contributed by atoms with van der Waals surface area (Å²) >= 11 is 0. The van der Waals surface area contributed by atoms with Crippen LogP contribution >= 0.6 is 0 Å². The van der Waals surface area contributed by atoms with Crippen molar-refractivity contribution in [2.45, 2.75) is 0 Å². The molecule has 8 aromatic rings. The predicted molar refractivity (Wildman–Crippen MR) is 246 cm³/mol. The van der Waals surface area contributed by atoms with E-state index in [1.807, 2.05) is 97.1 Å². The molecule has 1 aliphatic carbocycles. The Hall–Kier alpha value is -8.73. The molecule has 60 heavy (non-hydrogen) atoms. The Kier molecular flexibility index (Phi) is 10.3. The van der Waals surface area contributed by atoms with Crippen molar-refractivity contribution in [1.29, 1.82) is 5.26 Å². The lowest BCUT2D eigenvalue weighted by atomic mass is 9.91. The minimum Gasteiger partial charge on any atom is -0.507 e. The number of benzene rings is 8. The number of hydrogen-bond acceptors (Lipinski definition) is 3. The van der Waals surface area contributed by atoms with E-state index in [4.69, 9.17) is 0 Å². The largest absolute Gasteiger partial charge is 0.507 e. The summed E-state index contributed by atoms with van der Waals surface area (Å²) in [6.07, 6.45) is 7.53. The summed E-state index contributed by atoms with van der Waals surface area (Å²) < 4.78 is 0. The van der Waals surface area contributed by atoms with E-state index in [9.17, 15) is 10.4 Å². The lowest BCUT2D eigenvalue weighted by molar-refractivity contribution is 0.509. The van der Waals surface area contributed by atoms with Crippen molar-refractivity contribution >= 4 is 44.4 Å². The third-order valence-electron chi connectivity index (χ3n) is 10.3. The first-order chi connectivity index (χ1) is 29.6. The SMILES string of the molecule is N#Cc1cc(C#Cc2ccc(C(O)=C3C=CC=C3)cc2)ccc1C#Cc1c2ccccc2c(C#Cc2ccc(N(c3ccccc3)c3ccccc3)cc2)c2ccccc12. The van der Waals surface area contributed by atoms with Crippen LogP contribution in [-0.4, -0.2) is 5.11 Å². The molecule has 0 amide bonds. The van der Waals surface area contributed by atoms with Gasteiger partial charge in [0, 0.05) is 61.6 Å². The van der Waals surface area contributed by atoms with Gasteiger partial charge in [0.1, 0.15) is 11.8 Å². The van der Waals surface area contributed by atoms with E-state index in [2.05, 4.69) is 144 Å². The fourth-order valence-electron chi connectivity index (χ4n) is 7.34. The van der Waals surface area contributed by atoms with Crippen LogP contribution in [-0.2, 0) is 0 Å². The van der Waals surface area contributed by atoms with Gasteiger partial charge in [-0.05, 0) is 100 Å². The Labute approximate surface area is 350 Å². The average Bonchev–Trinajstić information content (AvgIpc) is 3.86. The van der Waals surface area contributed by atoms with Crippen molar-refractivity contribution in [3.05, 3.63) is 250 Å². The number of nitriles is 1. The second kappa shape index (κ2) is 16.8. The van der Waals surface area contributed by atoms with Gasteiger partial charge in [0.05, 0.1) is 5.56 Å². The van der Waals surface area contributed by atoms with Crippen LogP contribution in [0.4, 0.5) is 17.1 Å². The van der Waals surface area contributed by atoms with Gasteiger partial charge in [-0.15, -0.1) is 0 Å². The van der Waals surface area contributed by atoms with Crippen LogP contribution in [0.5, 0.6) is 0 Å². The quantitative estimate of drug-likeness (QED) is 0.110. The van der Waals surface area contributed by atoms with Crippen LogP contribution in [0.2, 0.25) is 0 Å².